The minimum atomic E-state index is -0.700. The zero-order valence-electron chi connectivity index (χ0n) is 9.78. The molecule has 1 aliphatic rings. The van der Waals surface area contributed by atoms with Crippen LogP contribution < -0.4 is 5.32 Å². The molecule has 1 aromatic rings. The van der Waals surface area contributed by atoms with Crippen molar-refractivity contribution in [1.29, 1.82) is 0 Å². The largest absolute Gasteiger partial charge is 0.386 e. The predicted molar refractivity (Wildman–Crippen MR) is 66.6 cm³/mol. The van der Waals surface area contributed by atoms with Crippen molar-refractivity contribution in [2.24, 2.45) is 0 Å². The summed E-state index contributed by atoms with van der Waals surface area (Å²) in [6.45, 7) is 2.19. The highest BCUT2D eigenvalue weighted by atomic mass is 16.5. The standard InChI is InChI=1S/C14H17NO2/c16-14(8-10-17-12-14)11-15-9-4-7-13-5-2-1-3-6-13/h1-3,5-6,15-16H,8-12H2. The molecular weight excluding hydrogens is 214 g/mol. The second kappa shape index (κ2) is 5.83. The second-order valence-electron chi connectivity index (χ2n) is 4.30. The number of hydrogen-bond acceptors (Lipinski definition) is 3. The van der Waals surface area contributed by atoms with Gasteiger partial charge >= 0.3 is 0 Å². The number of rotatable bonds is 3. The molecule has 0 radical (unpaired) electrons. The van der Waals surface area contributed by atoms with E-state index in [2.05, 4.69) is 17.2 Å². The highest BCUT2D eigenvalue weighted by molar-refractivity contribution is 5.33. The van der Waals surface area contributed by atoms with Crippen molar-refractivity contribution in [2.75, 3.05) is 26.3 Å². The molecule has 17 heavy (non-hydrogen) atoms. The third-order valence-corrected chi connectivity index (χ3v) is 2.76. The Bertz CT molecular complexity index is 399. The summed E-state index contributed by atoms with van der Waals surface area (Å²) < 4.78 is 5.16. The maximum absolute atomic E-state index is 9.97. The molecule has 0 aromatic heterocycles. The fourth-order valence-corrected chi connectivity index (χ4v) is 1.76. The van der Waals surface area contributed by atoms with Crippen LogP contribution in [-0.2, 0) is 4.74 Å². The monoisotopic (exact) mass is 231 g/mol. The fourth-order valence-electron chi connectivity index (χ4n) is 1.76. The molecule has 3 nitrogen and oxygen atoms in total. The van der Waals surface area contributed by atoms with E-state index < -0.39 is 5.60 Å². The summed E-state index contributed by atoms with van der Waals surface area (Å²) >= 11 is 0. The van der Waals surface area contributed by atoms with Gasteiger partial charge < -0.3 is 15.2 Å². The minimum Gasteiger partial charge on any atom is -0.386 e. The SMILES string of the molecule is OC1(CNCC#Cc2ccccc2)CCOC1. The summed E-state index contributed by atoms with van der Waals surface area (Å²) in [7, 11) is 0. The number of aliphatic hydroxyl groups is 1. The molecule has 0 bridgehead atoms. The van der Waals surface area contributed by atoms with Crippen molar-refractivity contribution in [1.82, 2.24) is 5.32 Å². The Kier molecular flexibility index (Phi) is 4.16. The average molecular weight is 231 g/mol. The van der Waals surface area contributed by atoms with Crippen molar-refractivity contribution in [2.45, 2.75) is 12.0 Å². The van der Waals surface area contributed by atoms with Crippen LogP contribution in [0.15, 0.2) is 30.3 Å². The van der Waals surface area contributed by atoms with Crippen molar-refractivity contribution >= 4 is 0 Å². The van der Waals surface area contributed by atoms with Gasteiger partial charge in [-0.15, -0.1) is 0 Å². The number of nitrogens with one attached hydrogen (secondary N) is 1. The van der Waals surface area contributed by atoms with Gasteiger partial charge in [0.05, 0.1) is 13.2 Å². The Labute approximate surface area is 102 Å². The first-order valence-corrected chi connectivity index (χ1v) is 5.83. The molecule has 3 heteroatoms. The molecule has 2 N–H and O–H groups in total. The molecule has 1 aliphatic heterocycles. The van der Waals surface area contributed by atoms with Crippen LogP contribution in [-0.4, -0.2) is 37.0 Å². The summed E-state index contributed by atoms with van der Waals surface area (Å²) in [6.07, 6.45) is 0.701. The van der Waals surface area contributed by atoms with E-state index in [1.54, 1.807) is 0 Å². The molecule has 0 aliphatic carbocycles. The van der Waals surface area contributed by atoms with Gasteiger partial charge in [-0.25, -0.2) is 0 Å². The smallest absolute Gasteiger partial charge is 0.103 e. The van der Waals surface area contributed by atoms with Crippen LogP contribution in [0, 0.1) is 11.8 Å². The van der Waals surface area contributed by atoms with Crippen molar-refractivity contribution in [3.63, 3.8) is 0 Å². The second-order valence-corrected chi connectivity index (χ2v) is 4.30. The van der Waals surface area contributed by atoms with Crippen LogP contribution in [0.2, 0.25) is 0 Å². The maximum Gasteiger partial charge on any atom is 0.103 e. The first-order chi connectivity index (χ1) is 8.29. The minimum absolute atomic E-state index is 0.423. The Hall–Kier alpha value is -1.34. The van der Waals surface area contributed by atoms with Crippen LogP contribution in [0.4, 0.5) is 0 Å². The van der Waals surface area contributed by atoms with E-state index in [0.29, 0.717) is 32.7 Å². The highest BCUT2D eigenvalue weighted by Crippen LogP contribution is 2.16. The zero-order valence-corrected chi connectivity index (χ0v) is 9.78. The molecule has 1 unspecified atom stereocenters. The van der Waals surface area contributed by atoms with Gasteiger partial charge in [-0.05, 0) is 12.1 Å². The lowest BCUT2D eigenvalue weighted by molar-refractivity contribution is 0.0280. The molecule has 1 atom stereocenters. The first kappa shape index (κ1) is 12.1. The number of benzene rings is 1. The van der Waals surface area contributed by atoms with E-state index in [0.717, 1.165) is 5.56 Å². The number of ether oxygens (including phenoxy) is 1. The van der Waals surface area contributed by atoms with E-state index >= 15 is 0 Å². The third-order valence-electron chi connectivity index (χ3n) is 2.76. The first-order valence-electron chi connectivity index (χ1n) is 5.83. The van der Waals surface area contributed by atoms with Gasteiger partial charge in [0.25, 0.3) is 0 Å². The summed E-state index contributed by atoms with van der Waals surface area (Å²) in [4.78, 5) is 0. The lowest BCUT2D eigenvalue weighted by atomic mass is 10.0. The van der Waals surface area contributed by atoms with Gasteiger partial charge in [0.2, 0.25) is 0 Å². The van der Waals surface area contributed by atoms with Crippen LogP contribution in [0.1, 0.15) is 12.0 Å². The Morgan fingerprint density at radius 3 is 2.88 bits per heavy atom. The molecule has 0 amide bonds. The topological polar surface area (TPSA) is 41.5 Å². The van der Waals surface area contributed by atoms with E-state index in [4.69, 9.17) is 4.74 Å². The third kappa shape index (κ3) is 3.86. The van der Waals surface area contributed by atoms with Gasteiger partial charge in [-0.2, -0.15) is 0 Å². The normalized spacial score (nSPS) is 23.1. The Morgan fingerprint density at radius 2 is 2.18 bits per heavy atom. The molecule has 1 fully saturated rings. The molecule has 1 heterocycles. The fraction of sp³-hybridized carbons (Fsp3) is 0.429. The van der Waals surface area contributed by atoms with Gasteiger partial charge in [-0.3, -0.25) is 0 Å². The van der Waals surface area contributed by atoms with Gasteiger partial charge in [0, 0.05) is 25.1 Å². The summed E-state index contributed by atoms with van der Waals surface area (Å²) in [5.74, 6) is 6.09. The molecule has 1 aromatic carbocycles. The van der Waals surface area contributed by atoms with Crippen LogP contribution >= 0.6 is 0 Å². The summed E-state index contributed by atoms with van der Waals surface area (Å²) in [5, 5.41) is 13.1. The predicted octanol–water partition coefficient (Wildman–Crippen LogP) is 0.779. The Balaban J connectivity index is 1.71. The molecular formula is C14H17NO2. The van der Waals surface area contributed by atoms with E-state index in [1.165, 1.54) is 0 Å². The van der Waals surface area contributed by atoms with E-state index in [1.807, 2.05) is 30.3 Å². The van der Waals surface area contributed by atoms with Crippen LogP contribution in [0.3, 0.4) is 0 Å². The van der Waals surface area contributed by atoms with Gasteiger partial charge in [-0.1, -0.05) is 30.0 Å². The molecule has 2 rings (SSSR count). The van der Waals surface area contributed by atoms with Crippen molar-refractivity contribution in [3.8, 4) is 11.8 Å². The highest BCUT2D eigenvalue weighted by Gasteiger charge is 2.31. The van der Waals surface area contributed by atoms with E-state index in [9.17, 15) is 5.11 Å². The molecule has 1 saturated heterocycles. The Morgan fingerprint density at radius 1 is 1.35 bits per heavy atom. The van der Waals surface area contributed by atoms with Crippen LogP contribution in [0.5, 0.6) is 0 Å². The maximum atomic E-state index is 9.97. The zero-order chi connectivity index (χ0) is 12.0. The summed E-state index contributed by atoms with van der Waals surface area (Å²) in [5.41, 5.74) is 0.311. The van der Waals surface area contributed by atoms with Gasteiger partial charge in [0.15, 0.2) is 0 Å². The van der Waals surface area contributed by atoms with Crippen molar-refractivity contribution in [3.05, 3.63) is 35.9 Å². The lowest BCUT2D eigenvalue weighted by Crippen LogP contribution is -2.41. The molecule has 0 saturated carbocycles. The quantitative estimate of drug-likeness (QED) is 0.596. The lowest BCUT2D eigenvalue weighted by Gasteiger charge is -2.19. The summed E-state index contributed by atoms with van der Waals surface area (Å²) in [6, 6.07) is 9.86. The van der Waals surface area contributed by atoms with Crippen molar-refractivity contribution < 1.29 is 9.84 Å². The molecule has 0 spiro atoms. The molecule has 90 valence electrons. The van der Waals surface area contributed by atoms with Gasteiger partial charge in [0.1, 0.15) is 5.60 Å². The average Bonchev–Trinajstić information content (AvgIpc) is 2.77. The van der Waals surface area contributed by atoms with Crippen LogP contribution in [0.25, 0.3) is 0 Å². The van der Waals surface area contributed by atoms with E-state index in [-0.39, 0.29) is 0 Å². The number of hydrogen-bond donors (Lipinski definition) is 2.